The number of hydrogen-bond acceptors (Lipinski definition) is 6. The summed E-state index contributed by atoms with van der Waals surface area (Å²) >= 11 is 0. The Bertz CT molecular complexity index is 1190. The van der Waals surface area contributed by atoms with E-state index in [1.54, 1.807) is 17.3 Å². The molecular formula is C25H27N5O3. The second-order valence-electron chi connectivity index (χ2n) is 8.60. The molecule has 4 heterocycles. The molecule has 170 valence electrons. The molecule has 0 radical (unpaired) electrons. The first-order chi connectivity index (χ1) is 16.1. The van der Waals surface area contributed by atoms with Gasteiger partial charge in [-0.1, -0.05) is 12.1 Å². The Morgan fingerprint density at radius 3 is 2.61 bits per heavy atom. The lowest BCUT2D eigenvalue weighted by Crippen LogP contribution is -2.41. The Morgan fingerprint density at radius 2 is 1.79 bits per heavy atom. The van der Waals surface area contributed by atoms with E-state index in [1.165, 1.54) is 0 Å². The first kappa shape index (κ1) is 21.5. The molecule has 2 saturated heterocycles. The number of aryl methyl sites for hydroxylation is 1. The van der Waals surface area contributed by atoms with E-state index >= 15 is 0 Å². The van der Waals surface area contributed by atoms with E-state index in [2.05, 4.69) is 9.97 Å². The van der Waals surface area contributed by atoms with Gasteiger partial charge in [-0.05, 0) is 38.0 Å². The normalized spacial score (nSPS) is 19.0. The largest absolute Gasteiger partial charge is 0.378 e. The summed E-state index contributed by atoms with van der Waals surface area (Å²) in [7, 11) is 0. The summed E-state index contributed by atoms with van der Waals surface area (Å²) in [5, 5.41) is 0.866. The van der Waals surface area contributed by atoms with Crippen molar-refractivity contribution < 1.29 is 14.3 Å². The average molecular weight is 446 g/mol. The van der Waals surface area contributed by atoms with E-state index in [-0.39, 0.29) is 17.7 Å². The second kappa shape index (κ2) is 9.23. The Hall–Kier alpha value is -3.39. The molecule has 0 N–H and O–H groups in total. The minimum Gasteiger partial charge on any atom is -0.378 e. The van der Waals surface area contributed by atoms with Crippen LogP contribution in [-0.4, -0.2) is 76.0 Å². The van der Waals surface area contributed by atoms with Crippen molar-refractivity contribution in [3.63, 3.8) is 0 Å². The van der Waals surface area contributed by atoms with Gasteiger partial charge < -0.3 is 14.5 Å². The van der Waals surface area contributed by atoms with Gasteiger partial charge in [0.25, 0.3) is 11.8 Å². The van der Waals surface area contributed by atoms with Crippen molar-refractivity contribution in [3.8, 4) is 0 Å². The fourth-order valence-corrected chi connectivity index (χ4v) is 4.66. The number of morpholine rings is 1. The minimum absolute atomic E-state index is 0.00846. The third-order valence-corrected chi connectivity index (χ3v) is 6.48. The van der Waals surface area contributed by atoms with Crippen LogP contribution in [0.25, 0.3) is 10.9 Å². The van der Waals surface area contributed by atoms with Gasteiger partial charge in [0.15, 0.2) is 0 Å². The van der Waals surface area contributed by atoms with Crippen molar-refractivity contribution in [2.75, 3.05) is 39.4 Å². The summed E-state index contributed by atoms with van der Waals surface area (Å²) in [6, 6.07) is 9.45. The molecule has 2 aliphatic heterocycles. The van der Waals surface area contributed by atoms with Gasteiger partial charge in [0.2, 0.25) is 0 Å². The van der Waals surface area contributed by atoms with Gasteiger partial charge in [0.1, 0.15) is 5.82 Å². The van der Waals surface area contributed by atoms with Crippen LogP contribution in [0.1, 0.15) is 51.0 Å². The molecule has 33 heavy (non-hydrogen) atoms. The number of aromatic nitrogens is 3. The van der Waals surface area contributed by atoms with Crippen LogP contribution >= 0.6 is 0 Å². The zero-order chi connectivity index (χ0) is 22.8. The maximum absolute atomic E-state index is 13.4. The van der Waals surface area contributed by atoms with Crippen LogP contribution in [0.15, 0.2) is 42.7 Å². The van der Waals surface area contributed by atoms with E-state index in [0.717, 1.165) is 23.7 Å². The van der Waals surface area contributed by atoms with Crippen LogP contribution in [0.2, 0.25) is 0 Å². The van der Waals surface area contributed by atoms with E-state index in [1.807, 2.05) is 42.2 Å². The van der Waals surface area contributed by atoms with Crippen molar-refractivity contribution >= 4 is 22.7 Å². The lowest BCUT2D eigenvalue weighted by atomic mass is 9.95. The lowest BCUT2D eigenvalue weighted by molar-refractivity contribution is 0.0301. The number of piperidine rings is 1. The van der Waals surface area contributed by atoms with Crippen molar-refractivity contribution in [2.24, 2.45) is 0 Å². The van der Waals surface area contributed by atoms with Gasteiger partial charge in [-0.25, -0.2) is 9.97 Å². The third-order valence-electron chi connectivity index (χ3n) is 6.48. The molecule has 5 rings (SSSR count). The summed E-state index contributed by atoms with van der Waals surface area (Å²) in [6.07, 6.45) is 5.18. The van der Waals surface area contributed by atoms with Crippen molar-refractivity contribution in [1.82, 2.24) is 24.8 Å². The SMILES string of the molecule is Cc1nc([C@@H]2CCCN(C(=O)c3cccc4ncccc34)C2)ncc1C(=O)N1CCOCC1. The number of likely N-dealkylation sites (tertiary alicyclic amines) is 1. The van der Waals surface area contributed by atoms with Gasteiger partial charge in [0.05, 0.1) is 30.0 Å². The number of rotatable bonds is 3. The Balaban J connectivity index is 1.34. The number of nitrogens with zero attached hydrogens (tertiary/aromatic N) is 5. The first-order valence-corrected chi connectivity index (χ1v) is 11.5. The smallest absolute Gasteiger partial charge is 0.257 e. The third kappa shape index (κ3) is 4.30. The first-order valence-electron chi connectivity index (χ1n) is 11.5. The van der Waals surface area contributed by atoms with E-state index in [0.29, 0.717) is 62.0 Å². The summed E-state index contributed by atoms with van der Waals surface area (Å²) in [5.74, 6) is 0.701. The highest BCUT2D eigenvalue weighted by atomic mass is 16.5. The molecule has 2 aliphatic rings. The molecule has 0 unspecified atom stereocenters. The Kier molecular flexibility index (Phi) is 6.00. The summed E-state index contributed by atoms with van der Waals surface area (Å²) in [6.45, 7) is 5.41. The molecule has 2 aromatic heterocycles. The summed E-state index contributed by atoms with van der Waals surface area (Å²) in [5.41, 5.74) is 2.70. The molecule has 2 fully saturated rings. The molecular weight excluding hydrogens is 418 g/mol. The van der Waals surface area contributed by atoms with Gasteiger partial charge >= 0.3 is 0 Å². The van der Waals surface area contributed by atoms with Crippen LogP contribution in [0.3, 0.4) is 0 Å². The number of hydrogen-bond donors (Lipinski definition) is 0. The summed E-state index contributed by atoms with van der Waals surface area (Å²) < 4.78 is 5.34. The van der Waals surface area contributed by atoms with Crippen LogP contribution < -0.4 is 0 Å². The lowest BCUT2D eigenvalue weighted by Gasteiger charge is -2.32. The van der Waals surface area contributed by atoms with Gasteiger partial charge in [-0.3, -0.25) is 14.6 Å². The maximum atomic E-state index is 13.4. The highest BCUT2D eigenvalue weighted by Crippen LogP contribution is 2.27. The number of carbonyl (C=O) groups excluding carboxylic acids is 2. The van der Waals surface area contributed by atoms with Gasteiger partial charge in [-0.2, -0.15) is 0 Å². The average Bonchev–Trinajstić information content (AvgIpc) is 2.88. The Morgan fingerprint density at radius 1 is 0.970 bits per heavy atom. The Labute approximate surface area is 192 Å². The maximum Gasteiger partial charge on any atom is 0.257 e. The molecule has 0 saturated carbocycles. The fourth-order valence-electron chi connectivity index (χ4n) is 4.66. The molecule has 0 bridgehead atoms. The zero-order valence-electron chi connectivity index (χ0n) is 18.7. The zero-order valence-corrected chi connectivity index (χ0v) is 18.7. The monoisotopic (exact) mass is 445 g/mol. The highest BCUT2D eigenvalue weighted by Gasteiger charge is 2.29. The standard InChI is InChI=1S/C25H27N5O3/c1-17-21(25(32)29-11-13-33-14-12-29)15-27-23(28-17)18-5-4-10-30(16-18)24(31)20-6-2-8-22-19(20)7-3-9-26-22/h2-3,6-9,15,18H,4-5,10-14,16H2,1H3/t18-/m1/s1. The topological polar surface area (TPSA) is 88.5 Å². The highest BCUT2D eigenvalue weighted by molar-refractivity contribution is 6.06. The number of fused-ring (bicyclic) bond motifs is 1. The van der Waals surface area contributed by atoms with Crippen LogP contribution in [-0.2, 0) is 4.74 Å². The molecule has 8 heteroatoms. The number of amides is 2. The molecule has 1 atom stereocenters. The van der Waals surface area contributed by atoms with E-state index in [9.17, 15) is 9.59 Å². The number of ether oxygens (including phenoxy) is 1. The van der Waals surface area contributed by atoms with Gasteiger partial charge in [-0.15, -0.1) is 0 Å². The van der Waals surface area contributed by atoms with Gasteiger partial charge in [0, 0.05) is 55.4 Å². The van der Waals surface area contributed by atoms with E-state index < -0.39 is 0 Å². The van der Waals surface area contributed by atoms with Crippen molar-refractivity contribution in [3.05, 3.63) is 65.4 Å². The molecule has 8 nitrogen and oxygen atoms in total. The van der Waals surface area contributed by atoms with Crippen LogP contribution in [0.4, 0.5) is 0 Å². The number of carbonyl (C=O) groups is 2. The predicted molar refractivity (Wildman–Crippen MR) is 123 cm³/mol. The molecule has 0 spiro atoms. The van der Waals surface area contributed by atoms with Crippen LogP contribution in [0.5, 0.6) is 0 Å². The molecule has 0 aliphatic carbocycles. The van der Waals surface area contributed by atoms with E-state index in [4.69, 9.17) is 9.72 Å². The minimum atomic E-state index is -0.0487. The number of pyridine rings is 1. The molecule has 1 aromatic carbocycles. The fraction of sp³-hybridized carbons (Fsp3) is 0.400. The second-order valence-corrected chi connectivity index (χ2v) is 8.60. The molecule has 3 aromatic rings. The van der Waals surface area contributed by atoms with Crippen molar-refractivity contribution in [2.45, 2.75) is 25.7 Å². The number of benzene rings is 1. The molecule has 2 amide bonds. The summed E-state index contributed by atoms with van der Waals surface area (Å²) in [4.78, 5) is 43.5. The predicted octanol–water partition coefficient (Wildman–Crippen LogP) is 2.83. The van der Waals surface area contributed by atoms with Crippen molar-refractivity contribution in [1.29, 1.82) is 0 Å². The quantitative estimate of drug-likeness (QED) is 0.616. The van der Waals surface area contributed by atoms with Crippen LogP contribution in [0, 0.1) is 6.92 Å².